The smallest absolute Gasteiger partial charge is 0.405 e. The molecule has 0 radical (unpaired) electrons. The van der Waals surface area contributed by atoms with Crippen molar-refractivity contribution in [1.29, 1.82) is 0 Å². The maximum Gasteiger partial charge on any atom is 0.405 e. The van der Waals surface area contributed by atoms with Gasteiger partial charge in [-0.05, 0) is 44.5 Å². The van der Waals surface area contributed by atoms with Crippen LogP contribution in [0.2, 0.25) is 0 Å². The Morgan fingerprint density at radius 3 is 2.15 bits per heavy atom. The van der Waals surface area contributed by atoms with E-state index < -0.39 is 17.7 Å². The number of aliphatic hydroxyl groups is 1. The highest BCUT2D eigenvalue weighted by Gasteiger charge is 2.33. The Balaban J connectivity index is 2.10. The summed E-state index contributed by atoms with van der Waals surface area (Å²) in [7, 11) is 2.00. The lowest BCUT2D eigenvalue weighted by atomic mass is 9.88. The largest absolute Gasteiger partial charge is 0.465 e. The second-order valence-corrected chi connectivity index (χ2v) is 7.24. The summed E-state index contributed by atoms with van der Waals surface area (Å²) in [6, 6.07) is 17.3. The lowest BCUT2D eigenvalue weighted by molar-refractivity contribution is -0.00152. The van der Waals surface area contributed by atoms with Gasteiger partial charge in [0.1, 0.15) is 0 Å². The van der Waals surface area contributed by atoms with Crippen LogP contribution in [0.4, 0.5) is 4.79 Å². The zero-order valence-corrected chi connectivity index (χ0v) is 15.8. The minimum absolute atomic E-state index is 0.299. The van der Waals surface area contributed by atoms with Crippen LogP contribution < -0.4 is 5.32 Å². The number of carbonyl (C=O) groups is 1. The lowest BCUT2D eigenvalue weighted by Gasteiger charge is -2.40. The van der Waals surface area contributed by atoms with Gasteiger partial charge in [-0.2, -0.15) is 0 Å². The van der Waals surface area contributed by atoms with Crippen LogP contribution in [0.3, 0.4) is 0 Å². The first-order valence-corrected chi connectivity index (χ1v) is 8.74. The van der Waals surface area contributed by atoms with Crippen LogP contribution >= 0.6 is 0 Å². The van der Waals surface area contributed by atoms with Crippen molar-refractivity contribution in [2.75, 3.05) is 7.05 Å². The van der Waals surface area contributed by atoms with Gasteiger partial charge in [0, 0.05) is 12.1 Å². The molecule has 5 heteroatoms. The van der Waals surface area contributed by atoms with Crippen molar-refractivity contribution in [3.8, 4) is 0 Å². The summed E-state index contributed by atoms with van der Waals surface area (Å²) in [6.07, 6.45) is -1.72. The van der Waals surface area contributed by atoms with Gasteiger partial charge >= 0.3 is 6.09 Å². The summed E-state index contributed by atoms with van der Waals surface area (Å²) in [5, 5.41) is 22.2. The highest BCUT2D eigenvalue weighted by molar-refractivity contribution is 5.65. The number of nitrogens with one attached hydrogen (secondary N) is 1. The second-order valence-electron chi connectivity index (χ2n) is 7.24. The molecule has 0 heterocycles. The molecule has 1 unspecified atom stereocenters. The van der Waals surface area contributed by atoms with E-state index in [2.05, 4.69) is 22.3 Å². The van der Waals surface area contributed by atoms with Crippen molar-refractivity contribution in [3.63, 3.8) is 0 Å². The molecular formula is C21H28N2O3. The minimum Gasteiger partial charge on any atom is -0.465 e. The molecule has 0 saturated heterocycles. The molecule has 2 rings (SSSR count). The van der Waals surface area contributed by atoms with Crippen molar-refractivity contribution < 1.29 is 15.0 Å². The normalized spacial score (nSPS) is 14.1. The molecule has 1 amide bonds. The number of amides is 1. The molecule has 0 aromatic heterocycles. The maximum atomic E-state index is 10.9. The Hall–Kier alpha value is -2.37. The molecule has 26 heavy (non-hydrogen) atoms. The highest BCUT2D eigenvalue weighted by Crippen LogP contribution is 2.31. The third-order valence-corrected chi connectivity index (χ3v) is 5.01. The molecule has 0 fully saturated rings. The Morgan fingerprint density at radius 1 is 1.08 bits per heavy atom. The molecule has 5 nitrogen and oxygen atoms in total. The summed E-state index contributed by atoms with van der Waals surface area (Å²) in [6.45, 7) is 6.56. The fourth-order valence-electron chi connectivity index (χ4n) is 2.91. The topological polar surface area (TPSA) is 72.8 Å². The number of rotatable bonds is 7. The maximum absolute atomic E-state index is 10.9. The number of carboxylic acid groups (broad SMARTS) is 1. The second kappa shape index (κ2) is 8.34. The summed E-state index contributed by atoms with van der Waals surface area (Å²) in [5.41, 5.74) is 2.39. The molecule has 0 saturated carbocycles. The molecule has 2 aromatic rings. The van der Waals surface area contributed by atoms with E-state index in [-0.39, 0.29) is 6.04 Å². The number of nitrogens with zero attached hydrogens (tertiary/aromatic N) is 1. The third-order valence-electron chi connectivity index (χ3n) is 5.01. The van der Waals surface area contributed by atoms with E-state index in [1.54, 1.807) is 6.92 Å². The van der Waals surface area contributed by atoms with Crippen LogP contribution in [0.1, 0.15) is 49.6 Å². The van der Waals surface area contributed by atoms with Crippen LogP contribution in [0.25, 0.3) is 0 Å². The van der Waals surface area contributed by atoms with Crippen molar-refractivity contribution in [3.05, 3.63) is 71.3 Å². The van der Waals surface area contributed by atoms with Gasteiger partial charge < -0.3 is 15.5 Å². The summed E-state index contributed by atoms with van der Waals surface area (Å²) >= 11 is 0. The van der Waals surface area contributed by atoms with E-state index in [4.69, 9.17) is 5.11 Å². The fraction of sp³-hybridized carbons (Fsp3) is 0.381. The van der Waals surface area contributed by atoms with Crippen LogP contribution in [0.5, 0.6) is 0 Å². The van der Waals surface area contributed by atoms with Crippen molar-refractivity contribution in [2.24, 2.45) is 0 Å². The molecule has 0 aliphatic carbocycles. The van der Waals surface area contributed by atoms with E-state index >= 15 is 0 Å². The minimum atomic E-state index is -1.05. The molecule has 0 aliphatic rings. The summed E-state index contributed by atoms with van der Waals surface area (Å²) in [5.74, 6) is 0. The van der Waals surface area contributed by atoms with Gasteiger partial charge in [-0.1, -0.05) is 54.6 Å². The van der Waals surface area contributed by atoms with Crippen LogP contribution in [0.15, 0.2) is 54.6 Å². The molecule has 140 valence electrons. The number of benzene rings is 2. The van der Waals surface area contributed by atoms with Crippen molar-refractivity contribution >= 4 is 6.09 Å². The predicted octanol–water partition coefficient (Wildman–Crippen LogP) is 3.96. The van der Waals surface area contributed by atoms with E-state index in [0.29, 0.717) is 0 Å². The number of hydrogen-bond donors (Lipinski definition) is 3. The standard InChI is InChI=1S/C21H28N2O3/c1-15(22-20(25)26)17-10-12-18(13-11-17)19(24)21(2,3)23(4)14-16-8-6-5-7-9-16/h5-13,15,19,22,24H,14H2,1-4H3,(H,25,26)/t15-,19?/m0/s1. The zero-order valence-electron chi connectivity index (χ0n) is 15.8. The summed E-state index contributed by atoms with van der Waals surface area (Å²) in [4.78, 5) is 12.9. The zero-order chi connectivity index (χ0) is 19.3. The average Bonchev–Trinajstić information content (AvgIpc) is 2.61. The molecule has 0 spiro atoms. The first kappa shape index (κ1) is 19.9. The quantitative estimate of drug-likeness (QED) is 0.702. The van der Waals surface area contributed by atoms with Crippen LogP contribution in [-0.2, 0) is 6.54 Å². The summed E-state index contributed by atoms with van der Waals surface area (Å²) < 4.78 is 0. The fourth-order valence-corrected chi connectivity index (χ4v) is 2.91. The molecule has 0 aliphatic heterocycles. The van der Waals surface area contributed by atoms with Crippen molar-refractivity contribution in [1.82, 2.24) is 10.2 Å². The molecule has 2 atom stereocenters. The SMILES string of the molecule is C[C@H](NC(=O)O)c1ccc(C(O)C(C)(C)N(C)Cc2ccccc2)cc1. The number of likely N-dealkylation sites (N-methyl/N-ethyl adjacent to an activating group) is 1. The van der Waals surface area contributed by atoms with E-state index in [0.717, 1.165) is 17.7 Å². The van der Waals surface area contributed by atoms with Gasteiger partial charge in [0.25, 0.3) is 0 Å². The monoisotopic (exact) mass is 356 g/mol. The molecular weight excluding hydrogens is 328 g/mol. The number of aliphatic hydroxyl groups excluding tert-OH is 1. The van der Waals surface area contributed by atoms with Crippen molar-refractivity contribution in [2.45, 2.75) is 45.0 Å². The lowest BCUT2D eigenvalue weighted by Crippen LogP contribution is -2.45. The Morgan fingerprint density at radius 2 is 1.62 bits per heavy atom. The van der Waals surface area contributed by atoms with Gasteiger partial charge in [-0.3, -0.25) is 4.90 Å². The highest BCUT2D eigenvalue weighted by atomic mass is 16.4. The third kappa shape index (κ3) is 4.84. The van der Waals surface area contributed by atoms with E-state index in [1.165, 1.54) is 5.56 Å². The van der Waals surface area contributed by atoms with Crippen LogP contribution in [-0.4, -0.2) is 33.8 Å². The molecule has 0 bridgehead atoms. The Labute approximate surface area is 155 Å². The van der Waals surface area contributed by atoms with E-state index in [1.807, 2.05) is 63.4 Å². The van der Waals surface area contributed by atoms with Gasteiger partial charge in [0.2, 0.25) is 0 Å². The first-order valence-electron chi connectivity index (χ1n) is 8.74. The number of hydrogen-bond acceptors (Lipinski definition) is 3. The van der Waals surface area contributed by atoms with Gasteiger partial charge in [0.05, 0.1) is 12.1 Å². The first-order chi connectivity index (χ1) is 12.2. The molecule has 2 aromatic carbocycles. The van der Waals surface area contributed by atoms with Gasteiger partial charge in [0.15, 0.2) is 0 Å². The predicted molar refractivity (Wildman–Crippen MR) is 103 cm³/mol. The van der Waals surface area contributed by atoms with Gasteiger partial charge in [-0.25, -0.2) is 4.79 Å². The molecule has 3 N–H and O–H groups in total. The Bertz CT molecular complexity index is 714. The Kier molecular flexibility index (Phi) is 6.40. The van der Waals surface area contributed by atoms with Gasteiger partial charge in [-0.15, -0.1) is 0 Å². The average molecular weight is 356 g/mol. The van der Waals surface area contributed by atoms with Crippen LogP contribution in [0, 0.1) is 0 Å². The van der Waals surface area contributed by atoms with E-state index in [9.17, 15) is 9.90 Å².